The summed E-state index contributed by atoms with van der Waals surface area (Å²) in [6.45, 7) is 3.10. The van der Waals surface area contributed by atoms with Crippen molar-refractivity contribution in [3.05, 3.63) is 70.8 Å². The molecule has 34 heavy (non-hydrogen) atoms. The minimum atomic E-state index is -1.90. The van der Waals surface area contributed by atoms with Gasteiger partial charge in [-0.2, -0.15) is 5.06 Å². The van der Waals surface area contributed by atoms with Crippen LogP contribution < -0.4 is 10.5 Å². The molecule has 0 spiro atoms. The number of aliphatic hydroxyl groups is 1. The molecule has 2 aromatic carbocycles. The van der Waals surface area contributed by atoms with E-state index < -0.39 is 40.8 Å². The van der Waals surface area contributed by atoms with Gasteiger partial charge in [-0.25, -0.2) is 9.78 Å². The number of para-hydroxylation sites is 2. The zero-order valence-electron chi connectivity index (χ0n) is 18.9. The zero-order chi connectivity index (χ0) is 24.4. The van der Waals surface area contributed by atoms with Crippen LogP contribution in [0.5, 0.6) is 0 Å². The predicted octanol–water partition coefficient (Wildman–Crippen LogP) is 1.54. The van der Waals surface area contributed by atoms with Gasteiger partial charge in [0, 0.05) is 12.0 Å². The van der Waals surface area contributed by atoms with Gasteiger partial charge in [-0.15, -0.1) is 0 Å². The molecule has 1 aromatic heterocycles. The number of hydrogen-bond acceptors (Lipinski definition) is 8. The number of aromatic nitrogens is 2. The monoisotopic (exact) mass is 464 g/mol. The second kappa shape index (κ2) is 7.45. The number of methoxy groups -OCH3 is 1. The van der Waals surface area contributed by atoms with E-state index in [4.69, 9.17) is 4.74 Å². The van der Waals surface area contributed by atoms with E-state index in [9.17, 15) is 24.7 Å². The number of rotatable bonds is 4. The molecule has 2 N–H and O–H groups in total. The number of hydrogen-bond donors (Lipinski definition) is 2. The van der Waals surface area contributed by atoms with E-state index in [-0.39, 0.29) is 6.42 Å². The van der Waals surface area contributed by atoms with Crippen LogP contribution in [0.4, 0.5) is 5.69 Å². The van der Waals surface area contributed by atoms with Gasteiger partial charge in [0.05, 0.1) is 30.0 Å². The van der Waals surface area contributed by atoms with Crippen molar-refractivity contribution in [2.24, 2.45) is 0 Å². The van der Waals surface area contributed by atoms with Crippen molar-refractivity contribution >= 4 is 28.5 Å². The Morgan fingerprint density at radius 2 is 1.82 bits per heavy atom. The first-order chi connectivity index (χ1) is 16.1. The minimum Gasteiger partial charge on any atom is -0.467 e. The lowest BCUT2D eigenvalue weighted by molar-refractivity contribution is -0.210. The third kappa shape index (κ3) is 2.86. The van der Waals surface area contributed by atoms with Gasteiger partial charge >= 0.3 is 5.97 Å². The maximum Gasteiger partial charge on any atom is 0.329 e. The molecule has 0 bridgehead atoms. The molecule has 10 nitrogen and oxygen atoms in total. The largest absolute Gasteiger partial charge is 0.467 e. The van der Waals surface area contributed by atoms with Gasteiger partial charge in [0.25, 0.3) is 11.5 Å². The first-order valence-electron chi connectivity index (χ1n) is 10.8. The lowest BCUT2D eigenvalue weighted by Crippen LogP contribution is -2.53. The molecule has 0 radical (unpaired) electrons. The zero-order valence-corrected chi connectivity index (χ0v) is 18.9. The van der Waals surface area contributed by atoms with E-state index in [1.165, 1.54) is 18.3 Å². The molecular formula is C24H24N4O6. The average molecular weight is 464 g/mol. The summed E-state index contributed by atoms with van der Waals surface area (Å²) < 4.78 is 6.11. The van der Waals surface area contributed by atoms with Crippen molar-refractivity contribution in [3.63, 3.8) is 0 Å². The molecule has 3 atom stereocenters. The fraction of sp³-hybridized carbons (Fsp3) is 0.333. The van der Waals surface area contributed by atoms with Crippen molar-refractivity contribution < 1.29 is 24.6 Å². The molecule has 2 aliphatic rings. The summed E-state index contributed by atoms with van der Waals surface area (Å²) in [5.41, 5.74) is -2.44. The Morgan fingerprint density at radius 1 is 1.15 bits per heavy atom. The Labute approximate surface area is 194 Å². The number of carbonyl (C=O) groups excluding carboxylic acids is 2. The van der Waals surface area contributed by atoms with Crippen molar-refractivity contribution in [3.8, 4) is 0 Å². The van der Waals surface area contributed by atoms with Crippen molar-refractivity contribution in [1.82, 2.24) is 14.6 Å². The lowest BCUT2D eigenvalue weighted by atomic mass is 9.85. The number of fused-ring (bicyclic) bond motifs is 4. The summed E-state index contributed by atoms with van der Waals surface area (Å²) in [6, 6.07) is 12.2. The first-order valence-corrected chi connectivity index (χ1v) is 10.8. The van der Waals surface area contributed by atoms with Crippen molar-refractivity contribution in [2.45, 2.75) is 43.6 Å². The van der Waals surface area contributed by atoms with Gasteiger partial charge < -0.3 is 15.1 Å². The fourth-order valence-corrected chi connectivity index (χ4v) is 5.01. The number of nitrogens with zero attached hydrogens (tertiary/aromatic N) is 4. The summed E-state index contributed by atoms with van der Waals surface area (Å²) in [4.78, 5) is 45.0. The van der Waals surface area contributed by atoms with Crippen LogP contribution in [0, 0.1) is 0 Å². The molecular weight excluding hydrogens is 440 g/mol. The van der Waals surface area contributed by atoms with E-state index in [2.05, 4.69) is 4.98 Å². The number of anilines is 1. The maximum atomic E-state index is 13.3. The van der Waals surface area contributed by atoms with Gasteiger partial charge in [0.15, 0.2) is 0 Å². The highest BCUT2D eigenvalue weighted by Crippen LogP contribution is 2.53. The van der Waals surface area contributed by atoms with E-state index in [0.29, 0.717) is 22.2 Å². The van der Waals surface area contributed by atoms with Crippen LogP contribution in [0.15, 0.2) is 59.7 Å². The summed E-state index contributed by atoms with van der Waals surface area (Å²) in [6.07, 6.45) is -0.309. The molecule has 5 rings (SSSR count). The Hall–Kier alpha value is -3.60. The summed E-state index contributed by atoms with van der Waals surface area (Å²) >= 11 is 0. The van der Waals surface area contributed by atoms with Crippen LogP contribution in [0.3, 0.4) is 0 Å². The molecule has 3 aromatic rings. The van der Waals surface area contributed by atoms with E-state index in [0.717, 1.165) is 9.63 Å². The Morgan fingerprint density at radius 3 is 2.56 bits per heavy atom. The molecule has 1 fully saturated rings. The number of benzene rings is 2. The maximum absolute atomic E-state index is 13.3. The van der Waals surface area contributed by atoms with Crippen LogP contribution in [-0.4, -0.2) is 55.6 Å². The van der Waals surface area contributed by atoms with Crippen LogP contribution >= 0.6 is 0 Å². The molecule has 0 aliphatic carbocycles. The van der Waals surface area contributed by atoms with Crippen LogP contribution in [0.2, 0.25) is 0 Å². The molecule has 2 aliphatic heterocycles. The molecule has 1 amide bonds. The first kappa shape index (κ1) is 22.2. The Kier molecular flexibility index (Phi) is 4.87. The number of ether oxygens (including phenoxy) is 1. The summed E-state index contributed by atoms with van der Waals surface area (Å²) in [5.74, 6) is -1.17. The summed E-state index contributed by atoms with van der Waals surface area (Å²) in [7, 11) is 1.19. The number of carbonyl (C=O) groups is 2. The average Bonchev–Trinajstić information content (AvgIpc) is 3.20. The van der Waals surface area contributed by atoms with Gasteiger partial charge in [-0.1, -0.05) is 30.3 Å². The van der Waals surface area contributed by atoms with E-state index in [1.54, 1.807) is 62.4 Å². The molecule has 176 valence electrons. The second-order valence-corrected chi connectivity index (χ2v) is 9.11. The number of esters is 1. The summed E-state index contributed by atoms with van der Waals surface area (Å²) in [5, 5.41) is 24.2. The SMILES string of the molecule is COC(=O)[C@H](C[C@@]1(O)c2ccccc2N2C(=O)C(C)(C)N(O)[C@@H]21)n1cnc2ccccc2c1=O. The molecule has 0 saturated carbocycles. The Balaban J connectivity index is 1.68. The molecule has 3 heterocycles. The van der Waals surface area contributed by atoms with Crippen molar-refractivity contribution in [2.75, 3.05) is 12.0 Å². The van der Waals surface area contributed by atoms with Gasteiger partial charge in [0.2, 0.25) is 0 Å². The normalized spacial score (nSPS) is 24.2. The lowest BCUT2D eigenvalue weighted by Gasteiger charge is -2.37. The number of amides is 1. The smallest absolute Gasteiger partial charge is 0.329 e. The molecule has 0 unspecified atom stereocenters. The second-order valence-electron chi connectivity index (χ2n) is 9.11. The quantitative estimate of drug-likeness (QED) is 0.557. The van der Waals surface area contributed by atoms with E-state index >= 15 is 0 Å². The third-order valence-electron chi connectivity index (χ3n) is 6.85. The van der Waals surface area contributed by atoms with Crippen LogP contribution in [-0.2, 0) is 19.9 Å². The topological polar surface area (TPSA) is 125 Å². The predicted molar refractivity (Wildman–Crippen MR) is 121 cm³/mol. The van der Waals surface area contributed by atoms with Gasteiger partial charge in [-0.05, 0) is 32.0 Å². The van der Waals surface area contributed by atoms with Crippen LogP contribution in [0.1, 0.15) is 31.9 Å². The fourth-order valence-electron chi connectivity index (χ4n) is 5.01. The molecule has 1 saturated heterocycles. The highest BCUT2D eigenvalue weighted by atomic mass is 16.5. The van der Waals surface area contributed by atoms with Gasteiger partial charge in [-0.3, -0.25) is 19.1 Å². The van der Waals surface area contributed by atoms with Crippen molar-refractivity contribution in [1.29, 1.82) is 0 Å². The standard InChI is InChI=1S/C24H24N4O6/c1-23(2)22(31)27-17-11-7-5-9-15(17)24(32,21(27)28(23)33)12-18(20(30)34-3)26-13-25-16-10-6-4-8-14(16)19(26)29/h4-11,13,18,21,32-33H,12H2,1-3H3/t18-,21+,24+/m0/s1. The Bertz CT molecular complexity index is 1390. The van der Waals surface area contributed by atoms with Gasteiger partial charge in [0.1, 0.15) is 23.3 Å². The minimum absolute atomic E-state index is 0.306. The third-order valence-corrected chi connectivity index (χ3v) is 6.85. The molecule has 10 heteroatoms. The highest BCUT2D eigenvalue weighted by Gasteiger charge is 2.65. The highest BCUT2D eigenvalue weighted by molar-refractivity contribution is 6.04. The number of hydroxylamine groups is 2. The van der Waals surface area contributed by atoms with Crippen LogP contribution in [0.25, 0.3) is 10.9 Å². The van der Waals surface area contributed by atoms with E-state index in [1.807, 2.05) is 0 Å².